The summed E-state index contributed by atoms with van der Waals surface area (Å²) < 4.78 is 6.31. The molecular weight excluding hydrogens is 272 g/mol. The lowest BCUT2D eigenvalue weighted by molar-refractivity contribution is 0.200. The number of rotatable bonds is 5. The Morgan fingerprint density at radius 1 is 1.09 bits per heavy atom. The Hall–Kier alpha value is -2.29. The molecular formula is C19H22N2O. The van der Waals surface area contributed by atoms with Crippen LogP contribution in [-0.4, -0.2) is 17.8 Å². The van der Waals surface area contributed by atoms with Crippen LogP contribution in [0.25, 0.3) is 0 Å². The van der Waals surface area contributed by atoms with Crippen molar-refractivity contribution in [2.45, 2.75) is 32.9 Å². The molecule has 0 saturated carbocycles. The minimum absolute atomic E-state index is 0.0744. The summed E-state index contributed by atoms with van der Waals surface area (Å²) in [5, 5.41) is 6.54. The highest BCUT2D eigenvalue weighted by Gasteiger charge is 2.17. The Morgan fingerprint density at radius 3 is 2.64 bits per heavy atom. The second-order valence-electron chi connectivity index (χ2n) is 5.48. The van der Waals surface area contributed by atoms with Gasteiger partial charge in [0.2, 0.25) is 0 Å². The Bertz CT molecular complexity index is 652. The van der Waals surface area contributed by atoms with Gasteiger partial charge in [-0.2, -0.15) is 5.10 Å². The molecule has 3 rings (SSSR count). The quantitative estimate of drug-likeness (QED) is 0.817. The summed E-state index contributed by atoms with van der Waals surface area (Å²) in [4.78, 5) is 0. The van der Waals surface area contributed by atoms with E-state index in [0.717, 1.165) is 30.8 Å². The molecule has 1 aliphatic rings. The zero-order valence-corrected chi connectivity index (χ0v) is 13.2. The van der Waals surface area contributed by atoms with E-state index >= 15 is 0 Å². The summed E-state index contributed by atoms with van der Waals surface area (Å²) in [5.74, 6) is 0.924. The molecule has 114 valence electrons. The van der Waals surface area contributed by atoms with Gasteiger partial charge in [-0.25, -0.2) is 0 Å². The maximum Gasteiger partial charge on any atom is 0.129 e. The van der Waals surface area contributed by atoms with Gasteiger partial charge in [-0.3, -0.25) is 5.01 Å². The van der Waals surface area contributed by atoms with Crippen molar-refractivity contribution >= 4 is 6.21 Å². The van der Waals surface area contributed by atoms with Gasteiger partial charge in [0.05, 0.1) is 12.8 Å². The summed E-state index contributed by atoms with van der Waals surface area (Å²) in [6.45, 7) is 6.04. The van der Waals surface area contributed by atoms with Gasteiger partial charge in [-0.05, 0) is 30.5 Å². The number of hydrogen-bond donors (Lipinski definition) is 0. The number of nitrogens with zero attached hydrogens (tertiary/aromatic N) is 2. The van der Waals surface area contributed by atoms with Gasteiger partial charge in [-0.15, -0.1) is 0 Å². The summed E-state index contributed by atoms with van der Waals surface area (Å²) in [5.41, 5.74) is 3.60. The van der Waals surface area contributed by atoms with E-state index in [9.17, 15) is 0 Å². The highest BCUT2D eigenvalue weighted by Crippen LogP contribution is 2.30. The Kier molecular flexibility index (Phi) is 4.42. The van der Waals surface area contributed by atoms with Crippen LogP contribution in [0.15, 0.2) is 53.6 Å². The molecule has 1 aliphatic heterocycles. The smallest absolute Gasteiger partial charge is 0.129 e. The molecule has 0 aliphatic carbocycles. The zero-order chi connectivity index (χ0) is 15.4. The molecule has 1 unspecified atom stereocenters. The van der Waals surface area contributed by atoms with Crippen molar-refractivity contribution in [2.24, 2.45) is 5.10 Å². The first-order valence-corrected chi connectivity index (χ1v) is 7.94. The molecule has 0 bridgehead atoms. The third-order valence-corrected chi connectivity index (χ3v) is 4.04. The number of hydrazone groups is 1. The van der Waals surface area contributed by atoms with Gasteiger partial charge in [0.25, 0.3) is 0 Å². The van der Waals surface area contributed by atoms with Gasteiger partial charge in [0.15, 0.2) is 0 Å². The van der Waals surface area contributed by atoms with Crippen LogP contribution in [0.1, 0.15) is 43.1 Å². The van der Waals surface area contributed by atoms with E-state index in [0.29, 0.717) is 0 Å². The largest absolute Gasteiger partial charge is 0.485 e. The maximum absolute atomic E-state index is 6.31. The van der Waals surface area contributed by atoms with Crippen molar-refractivity contribution in [3.63, 3.8) is 0 Å². The van der Waals surface area contributed by atoms with Crippen LogP contribution in [0.3, 0.4) is 0 Å². The molecule has 3 heteroatoms. The summed E-state index contributed by atoms with van der Waals surface area (Å²) >= 11 is 0. The lowest BCUT2D eigenvalue weighted by Gasteiger charge is -2.25. The van der Waals surface area contributed by atoms with E-state index in [2.05, 4.69) is 60.4 Å². The highest BCUT2D eigenvalue weighted by atomic mass is 16.5. The van der Waals surface area contributed by atoms with Gasteiger partial charge < -0.3 is 4.74 Å². The maximum atomic E-state index is 6.31. The standard InChI is InChI=1S/C19H22N2O/c1-3-18(15-9-6-5-7-10-15)22-19-12-8-11-16-14-21(4-2)20-13-17(16)19/h5-13,18H,3-4,14H2,1-2H3. The van der Waals surface area contributed by atoms with Crippen molar-refractivity contribution < 1.29 is 4.74 Å². The average molecular weight is 294 g/mol. The van der Waals surface area contributed by atoms with Crippen LogP contribution in [0.4, 0.5) is 0 Å². The van der Waals surface area contributed by atoms with Crippen LogP contribution in [0.2, 0.25) is 0 Å². The highest BCUT2D eigenvalue weighted by molar-refractivity contribution is 5.86. The lowest BCUT2D eigenvalue weighted by Crippen LogP contribution is -2.22. The van der Waals surface area contributed by atoms with E-state index in [1.54, 1.807) is 0 Å². The van der Waals surface area contributed by atoms with E-state index in [4.69, 9.17) is 4.74 Å². The normalized spacial score (nSPS) is 14.5. The molecule has 2 aromatic carbocycles. The van der Waals surface area contributed by atoms with Crippen LogP contribution in [-0.2, 0) is 6.54 Å². The SMILES string of the molecule is CCC(Oc1cccc2c1C=NN(CC)C2)c1ccccc1. The van der Waals surface area contributed by atoms with Crippen molar-refractivity contribution in [1.82, 2.24) is 5.01 Å². The van der Waals surface area contributed by atoms with E-state index in [-0.39, 0.29) is 6.10 Å². The van der Waals surface area contributed by atoms with Crippen LogP contribution in [0, 0.1) is 0 Å². The van der Waals surface area contributed by atoms with Crippen molar-refractivity contribution in [3.05, 3.63) is 65.2 Å². The number of ether oxygens (including phenoxy) is 1. The van der Waals surface area contributed by atoms with Gasteiger partial charge in [-0.1, -0.05) is 49.4 Å². The van der Waals surface area contributed by atoms with E-state index < -0.39 is 0 Å². The molecule has 0 amide bonds. The fourth-order valence-corrected chi connectivity index (χ4v) is 2.75. The predicted molar refractivity (Wildman–Crippen MR) is 90.2 cm³/mol. The molecule has 3 nitrogen and oxygen atoms in total. The van der Waals surface area contributed by atoms with Crippen molar-refractivity contribution in [1.29, 1.82) is 0 Å². The molecule has 22 heavy (non-hydrogen) atoms. The lowest BCUT2D eigenvalue weighted by atomic mass is 10.0. The van der Waals surface area contributed by atoms with Crippen molar-refractivity contribution in [3.8, 4) is 5.75 Å². The van der Waals surface area contributed by atoms with E-state index in [1.165, 1.54) is 11.1 Å². The first-order valence-electron chi connectivity index (χ1n) is 7.94. The molecule has 0 saturated heterocycles. The number of fused-ring (bicyclic) bond motifs is 1. The second-order valence-corrected chi connectivity index (χ2v) is 5.48. The molecule has 2 aromatic rings. The number of hydrogen-bond acceptors (Lipinski definition) is 3. The fraction of sp³-hybridized carbons (Fsp3) is 0.316. The van der Waals surface area contributed by atoms with Crippen molar-refractivity contribution in [2.75, 3.05) is 6.54 Å². The Morgan fingerprint density at radius 2 is 1.91 bits per heavy atom. The fourth-order valence-electron chi connectivity index (χ4n) is 2.75. The summed E-state index contributed by atoms with van der Waals surface area (Å²) in [6.07, 6.45) is 2.94. The monoisotopic (exact) mass is 294 g/mol. The third-order valence-electron chi connectivity index (χ3n) is 4.04. The van der Waals surface area contributed by atoms with Crippen LogP contribution >= 0.6 is 0 Å². The van der Waals surface area contributed by atoms with Gasteiger partial charge in [0, 0.05) is 12.1 Å². The first kappa shape index (κ1) is 14.6. The molecule has 1 atom stereocenters. The topological polar surface area (TPSA) is 24.8 Å². The molecule has 0 N–H and O–H groups in total. The minimum atomic E-state index is 0.0744. The molecule has 0 radical (unpaired) electrons. The van der Waals surface area contributed by atoms with Gasteiger partial charge >= 0.3 is 0 Å². The van der Waals surface area contributed by atoms with Crippen LogP contribution in [0.5, 0.6) is 5.75 Å². The zero-order valence-electron chi connectivity index (χ0n) is 13.2. The average Bonchev–Trinajstić information content (AvgIpc) is 2.60. The minimum Gasteiger partial charge on any atom is -0.485 e. The Labute approximate surface area is 132 Å². The summed E-state index contributed by atoms with van der Waals surface area (Å²) in [6, 6.07) is 16.7. The molecule has 0 fully saturated rings. The summed E-state index contributed by atoms with van der Waals surface area (Å²) in [7, 11) is 0. The van der Waals surface area contributed by atoms with Gasteiger partial charge in [0.1, 0.15) is 11.9 Å². The second kappa shape index (κ2) is 6.65. The molecule has 1 heterocycles. The predicted octanol–water partition coefficient (Wildman–Crippen LogP) is 4.39. The van der Waals surface area contributed by atoms with E-state index in [1.807, 2.05) is 18.3 Å². The third kappa shape index (κ3) is 2.98. The first-order chi connectivity index (χ1) is 10.8. The molecule has 0 spiro atoms. The van der Waals surface area contributed by atoms with Crippen LogP contribution < -0.4 is 4.74 Å². The Balaban J connectivity index is 1.87. The number of benzene rings is 2. The molecule has 0 aromatic heterocycles.